The number of hydrogen-bond donors (Lipinski definition) is 0. The van der Waals surface area contributed by atoms with E-state index in [-0.39, 0.29) is 31.3 Å². The fourth-order valence-corrected chi connectivity index (χ4v) is 2.57. The van der Waals surface area contributed by atoms with Crippen LogP contribution in [0, 0.1) is 18.3 Å². The van der Waals surface area contributed by atoms with E-state index in [1.807, 2.05) is 31.4 Å². The second kappa shape index (κ2) is 8.33. The van der Waals surface area contributed by atoms with E-state index in [4.69, 9.17) is 10.00 Å². The van der Waals surface area contributed by atoms with E-state index >= 15 is 0 Å². The summed E-state index contributed by atoms with van der Waals surface area (Å²) in [6.07, 6.45) is 0.862. The van der Waals surface area contributed by atoms with Gasteiger partial charge in [-0.3, -0.25) is 14.5 Å². The molecule has 5 nitrogen and oxygen atoms in total. The molecule has 0 spiro atoms. The lowest BCUT2D eigenvalue weighted by atomic mass is 10.2. The Morgan fingerprint density at radius 1 is 1.45 bits per heavy atom. The van der Waals surface area contributed by atoms with Gasteiger partial charge in [-0.15, -0.1) is 11.3 Å². The normalized spacial score (nSPS) is 9.85. The van der Waals surface area contributed by atoms with Crippen LogP contribution < -0.4 is 4.90 Å². The SMILES string of the molecule is CCCOC(=O)CCC(=O)N(CC#N)c1sccc1C. The van der Waals surface area contributed by atoms with Crippen LogP contribution in [-0.4, -0.2) is 25.0 Å². The highest BCUT2D eigenvalue weighted by Crippen LogP contribution is 2.27. The molecule has 0 radical (unpaired) electrons. The Balaban J connectivity index is 2.60. The molecule has 0 N–H and O–H groups in total. The van der Waals surface area contributed by atoms with Gasteiger partial charge in [0, 0.05) is 6.42 Å². The Bertz CT molecular complexity index is 505. The van der Waals surface area contributed by atoms with Crippen molar-refractivity contribution in [3.8, 4) is 6.07 Å². The Morgan fingerprint density at radius 3 is 2.75 bits per heavy atom. The Morgan fingerprint density at radius 2 is 2.20 bits per heavy atom. The van der Waals surface area contributed by atoms with E-state index in [1.54, 1.807) is 0 Å². The molecule has 0 bridgehead atoms. The summed E-state index contributed by atoms with van der Waals surface area (Å²) in [5, 5.41) is 11.5. The maximum Gasteiger partial charge on any atom is 0.306 e. The second-order valence-corrected chi connectivity index (χ2v) is 5.16. The van der Waals surface area contributed by atoms with Crippen LogP contribution >= 0.6 is 11.3 Å². The van der Waals surface area contributed by atoms with Gasteiger partial charge in [0.15, 0.2) is 0 Å². The van der Waals surface area contributed by atoms with Crippen molar-refractivity contribution in [1.82, 2.24) is 0 Å². The lowest BCUT2D eigenvalue weighted by Gasteiger charge is -2.18. The molecule has 1 amide bonds. The van der Waals surface area contributed by atoms with Crippen molar-refractivity contribution in [2.24, 2.45) is 0 Å². The summed E-state index contributed by atoms with van der Waals surface area (Å²) < 4.78 is 4.92. The van der Waals surface area contributed by atoms with Gasteiger partial charge >= 0.3 is 5.97 Å². The van der Waals surface area contributed by atoms with E-state index in [1.165, 1.54) is 16.2 Å². The molecular formula is C14H18N2O3S. The van der Waals surface area contributed by atoms with Crippen molar-refractivity contribution in [2.75, 3.05) is 18.1 Å². The number of aryl methyl sites for hydroxylation is 1. The Hall–Kier alpha value is -1.87. The van der Waals surface area contributed by atoms with Crippen LogP contribution in [0.2, 0.25) is 0 Å². The molecule has 108 valence electrons. The molecule has 0 aliphatic heterocycles. The number of carbonyl (C=O) groups is 2. The highest BCUT2D eigenvalue weighted by molar-refractivity contribution is 7.14. The number of hydrogen-bond acceptors (Lipinski definition) is 5. The Labute approximate surface area is 122 Å². The monoisotopic (exact) mass is 294 g/mol. The van der Waals surface area contributed by atoms with Gasteiger partial charge in [0.05, 0.1) is 19.1 Å². The zero-order valence-electron chi connectivity index (χ0n) is 11.7. The molecule has 0 aliphatic carbocycles. The number of ether oxygens (including phenoxy) is 1. The number of thiophene rings is 1. The molecule has 1 aromatic heterocycles. The van der Waals surface area contributed by atoms with Gasteiger partial charge in [-0.25, -0.2) is 0 Å². The van der Waals surface area contributed by atoms with Crippen LogP contribution in [0.4, 0.5) is 5.00 Å². The van der Waals surface area contributed by atoms with Gasteiger partial charge < -0.3 is 4.74 Å². The molecular weight excluding hydrogens is 276 g/mol. The first-order valence-corrected chi connectivity index (χ1v) is 7.35. The third-order valence-corrected chi connectivity index (χ3v) is 3.66. The summed E-state index contributed by atoms with van der Waals surface area (Å²) in [6.45, 7) is 4.16. The summed E-state index contributed by atoms with van der Waals surface area (Å²) in [6, 6.07) is 3.88. The fourth-order valence-electron chi connectivity index (χ4n) is 1.62. The van der Waals surface area contributed by atoms with Gasteiger partial charge in [0.1, 0.15) is 11.5 Å². The summed E-state index contributed by atoms with van der Waals surface area (Å²) in [4.78, 5) is 24.9. The molecule has 1 heterocycles. The number of anilines is 1. The van der Waals surface area contributed by atoms with E-state index in [2.05, 4.69) is 0 Å². The van der Waals surface area contributed by atoms with Crippen LogP contribution in [0.3, 0.4) is 0 Å². The molecule has 1 rings (SSSR count). The van der Waals surface area contributed by atoms with Crippen LogP contribution in [0.25, 0.3) is 0 Å². The number of rotatable bonds is 7. The van der Waals surface area contributed by atoms with Crippen LogP contribution in [0.15, 0.2) is 11.4 Å². The Kier molecular flexibility index (Phi) is 6.74. The number of esters is 1. The minimum absolute atomic E-state index is 0.00973. The first kappa shape index (κ1) is 16.2. The molecule has 0 fully saturated rings. The van der Waals surface area contributed by atoms with E-state index in [9.17, 15) is 9.59 Å². The average Bonchev–Trinajstić information content (AvgIpc) is 2.85. The first-order chi connectivity index (χ1) is 9.60. The smallest absolute Gasteiger partial charge is 0.306 e. The highest BCUT2D eigenvalue weighted by atomic mass is 32.1. The molecule has 0 saturated heterocycles. The van der Waals surface area contributed by atoms with E-state index in [0.29, 0.717) is 6.61 Å². The van der Waals surface area contributed by atoms with Gasteiger partial charge in [0.2, 0.25) is 5.91 Å². The maximum absolute atomic E-state index is 12.1. The van der Waals surface area contributed by atoms with Gasteiger partial charge in [-0.1, -0.05) is 6.92 Å². The standard InChI is InChI=1S/C14H18N2O3S/c1-3-9-19-13(18)5-4-12(17)16(8-7-15)14-11(2)6-10-20-14/h6,10H,3-5,8-9H2,1-2H3. The predicted molar refractivity (Wildman–Crippen MR) is 77.5 cm³/mol. The fraction of sp³-hybridized carbons (Fsp3) is 0.500. The lowest BCUT2D eigenvalue weighted by Crippen LogP contribution is -2.31. The van der Waals surface area contributed by atoms with E-state index < -0.39 is 0 Å². The quantitative estimate of drug-likeness (QED) is 0.572. The molecule has 1 aromatic rings. The first-order valence-electron chi connectivity index (χ1n) is 6.47. The van der Waals surface area contributed by atoms with Crippen molar-refractivity contribution in [3.05, 3.63) is 17.0 Å². The van der Waals surface area contributed by atoms with Crippen molar-refractivity contribution in [1.29, 1.82) is 5.26 Å². The predicted octanol–water partition coefficient (Wildman–Crippen LogP) is 2.65. The molecule has 20 heavy (non-hydrogen) atoms. The molecule has 6 heteroatoms. The highest BCUT2D eigenvalue weighted by Gasteiger charge is 2.19. The molecule has 0 saturated carbocycles. The molecule has 0 aromatic carbocycles. The largest absolute Gasteiger partial charge is 0.466 e. The minimum Gasteiger partial charge on any atom is -0.466 e. The third-order valence-electron chi connectivity index (χ3n) is 2.62. The zero-order chi connectivity index (χ0) is 15.0. The van der Waals surface area contributed by atoms with Crippen molar-refractivity contribution in [3.63, 3.8) is 0 Å². The number of amides is 1. The topological polar surface area (TPSA) is 70.4 Å². The maximum atomic E-state index is 12.1. The molecule has 0 atom stereocenters. The van der Waals surface area contributed by atoms with Crippen molar-refractivity contribution in [2.45, 2.75) is 33.1 Å². The number of nitrogens with zero attached hydrogens (tertiary/aromatic N) is 2. The second-order valence-electron chi connectivity index (χ2n) is 4.27. The van der Waals surface area contributed by atoms with Crippen LogP contribution in [0.5, 0.6) is 0 Å². The van der Waals surface area contributed by atoms with Crippen LogP contribution in [-0.2, 0) is 14.3 Å². The zero-order valence-corrected chi connectivity index (χ0v) is 12.5. The van der Waals surface area contributed by atoms with E-state index in [0.717, 1.165) is 17.0 Å². The lowest BCUT2D eigenvalue weighted by molar-refractivity contribution is -0.144. The number of nitriles is 1. The molecule has 0 aliphatic rings. The summed E-state index contributed by atoms with van der Waals surface area (Å²) in [7, 11) is 0. The summed E-state index contributed by atoms with van der Waals surface area (Å²) in [5.41, 5.74) is 0.951. The van der Waals surface area contributed by atoms with Gasteiger partial charge in [-0.2, -0.15) is 5.26 Å². The van der Waals surface area contributed by atoms with Gasteiger partial charge in [0.25, 0.3) is 0 Å². The third kappa shape index (κ3) is 4.67. The van der Waals surface area contributed by atoms with Gasteiger partial charge in [-0.05, 0) is 30.4 Å². The number of carbonyl (C=O) groups excluding carboxylic acids is 2. The van der Waals surface area contributed by atoms with Crippen molar-refractivity contribution >= 4 is 28.2 Å². The summed E-state index contributed by atoms with van der Waals surface area (Å²) in [5.74, 6) is -0.606. The summed E-state index contributed by atoms with van der Waals surface area (Å²) >= 11 is 1.41. The minimum atomic E-state index is -0.375. The average molecular weight is 294 g/mol. The van der Waals surface area contributed by atoms with Crippen molar-refractivity contribution < 1.29 is 14.3 Å². The molecule has 0 unspecified atom stereocenters. The van der Waals surface area contributed by atoms with Crippen LogP contribution in [0.1, 0.15) is 31.7 Å².